The van der Waals surface area contributed by atoms with E-state index < -0.39 is 28.7 Å². The van der Waals surface area contributed by atoms with E-state index in [1.165, 1.54) is 7.05 Å². The number of carboxylic acid groups (broad SMARTS) is 1. The van der Waals surface area contributed by atoms with Gasteiger partial charge in [0.2, 0.25) is 0 Å². The summed E-state index contributed by atoms with van der Waals surface area (Å²) in [5.41, 5.74) is -3.02. The quantitative estimate of drug-likeness (QED) is 0.732. The molecule has 1 saturated carbocycles. The molecule has 3 N–H and O–H groups in total. The Morgan fingerprint density at radius 2 is 2.00 bits per heavy atom. The second-order valence-electron chi connectivity index (χ2n) is 6.06. The van der Waals surface area contributed by atoms with Gasteiger partial charge in [-0.25, -0.2) is 9.59 Å². The fourth-order valence-electron chi connectivity index (χ4n) is 2.98. The third-order valence-corrected chi connectivity index (χ3v) is 4.72. The lowest BCUT2D eigenvalue weighted by Crippen LogP contribution is -2.57. The Balaban J connectivity index is 2.27. The van der Waals surface area contributed by atoms with Crippen LogP contribution < -0.4 is 16.6 Å². The number of aliphatic carboxylic acids is 1. The number of hydrogen-bond donors (Lipinski definition) is 3. The molecule has 0 spiro atoms. The van der Waals surface area contributed by atoms with E-state index in [4.69, 9.17) is 0 Å². The highest BCUT2D eigenvalue weighted by atomic mass is 16.4. The average molecular weight is 323 g/mol. The minimum absolute atomic E-state index is 0.273. The number of H-pyrrole nitrogens is 1. The SMILES string of the molecule is CCC1CCC(NC(=O)c2c[nH]c(=O)n(C)c2=O)(C(=O)O)CC1. The van der Waals surface area contributed by atoms with Crippen LogP contribution in [-0.2, 0) is 11.8 Å². The van der Waals surface area contributed by atoms with Crippen molar-refractivity contribution in [3.63, 3.8) is 0 Å². The van der Waals surface area contributed by atoms with Gasteiger partial charge in [-0.15, -0.1) is 0 Å². The van der Waals surface area contributed by atoms with Gasteiger partial charge in [-0.1, -0.05) is 13.3 Å². The number of hydrogen-bond acceptors (Lipinski definition) is 4. The molecule has 1 aromatic heterocycles. The molecule has 1 aromatic rings. The molecule has 0 aliphatic heterocycles. The summed E-state index contributed by atoms with van der Waals surface area (Å²) in [6.07, 6.45) is 4.09. The monoisotopic (exact) mass is 323 g/mol. The predicted molar refractivity (Wildman–Crippen MR) is 82.4 cm³/mol. The van der Waals surface area contributed by atoms with Crippen molar-refractivity contribution in [2.24, 2.45) is 13.0 Å². The summed E-state index contributed by atoms with van der Waals surface area (Å²) in [6, 6.07) is 0. The fourth-order valence-corrected chi connectivity index (χ4v) is 2.98. The van der Waals surface area contributed by atoms with Crippen LogP contribution in [-0.4, -0.2) is 32.1 Å². The molecule has 126 valence electrons. The minimum Gasteiger partial charge on any atom is -0.480 e. The molecule has 0 atom stereocenters. The lowest BCUT2D eigenvalue weighted by molar-refractivity contribution is -0.146. The van der Waals surface area contributed by atoms with Crippen molar-refractivity contribution in [3.05, 3.63) is 32.6 Å². The van der Waals surface area contributed by atoms with Crippen LogP contribution in [0.2, 0.25) is 0 Å². The zero-order valence-corrected chi connectivity index (χ0v) is 13.2. The van der Waals surface area contributed by atoms with Crippen LogP contribution in [0.5, 0.6) is 0 Å². The highest BCUT2D eigenvalue weighted by Crippen LogP contribution is 2.34. The zero-order valence-electron chi connectivity index (χ0n) is 13.2. The molecule has 0 bridgehead atoms. The summed E-state index contributed by atoms with van der Waals surface area (Å²) in [5.74, 6) is -1.42. The number of amides is 1. The van der Waals surface area contributed by atoms with E-state index in [0.717, 1.165) is 17.2 Å². The first-order chi connectivity index (χ1) is 10.8. The van der Waals surface area contributed by atoms with Gasteiger partial charge in [0.25, 0.3) is 11.5 Å². The van der Waals surface area contributed by atoms with E-state index in [9.17, 15) is 24.3 Å². The maximum absolute atomic E-state index is 12.3. The Hall–Kier alpha value is -2.38. The Bertz CT molecular complexity index is 725. The second-order valence-corrected chi connectivity index (χ2v) is 6.06. The first-order valence-corrected chi connectivity index (χ1v) is 7.65. The van der Waals surface area contributed by atoms with Crippen molar-refractivity contribution in [2.75, 3.05) is 0 Å². The van der Waals surface area contributed by atoms with Gasteiger partial charge in [-0.05, 0) is 31.6 Å². The second kappa shape index (κ2) is 6.39. The standard InChI is InChI=1S/C15H21N3O5/c1-3-9-4-6-15(7-5-9,13(21)22)17-11(19)10-8-16-14(23)18(2)12(10)20/h8-9H,3-7H2,1-2H3,(H,16,23)(H,17,19)(H,21,22). The van der Waals surface area contributed by atoms with E-state index in [0.29, 0.717) is 31.6 Å². The summed E-state index contributed by atoms with van der Waals surface area (Å²) in [5, 5.41) is 12.1. The van der Waals surface area contributed by atoms with Crippen molar-refractivity contribution >= 4 is 11.9 Å². The smallest absolute Gasteiger partial charge is 0.329 e. The number of aromatic nitrogens is 2. The zero-order chi connectivity index (χ0) is 17.2. The van der Waals surface area contributed by atoms with Gasteiger partial charge in [-0.3, -0.25) is 14.2 Å². The molecule has 2 rings (SSSR count). The molecule has 1 heterocycles. The summed E-state index contributed by atoms with van der Waals surface area (Å²) in [6.45, 7) is 2.06. The summed E-state index contributed by atoms with van der Waals surface area (Å²) in [7, 11) is 1.25. The van der Waals surface area contributed by atoms with Gasteiger partial charge < -0.3 is 15.4 Å². The van der Waals surface area contributed by atoms with Crippen molar-refractivity contribution in [2.45, 2.75) is 44.6 Å². The van der Waals surface area contributed by atoms with Crippen molar-refractivity contribution < 1.29 is 14.7 Å². The van der Waals surface area contributed by atoms with Gasteiger partial charge in [0.05, 0.1) is 0 Å². The third-order valence-electron chi connectivity index (χ3n) is 4.72. The normalized spacial score (nSPS) is 24.2. The summed E-state index contributed by atoms with van der Waals surface area (Å²) < 4.78 is 0.774. The highest BCUT2D eigenvalue weighted by molar-refractivity contribution is 5.97. The van der Waals surface area contributed by atoms with Gasteiger partial charge in [0, 0.05) is 13.2 Å². The molecule has 1 aliphatic rings. The van der Waals surface area contributed by atoms with E-state index in [1.807, 2.05) is 0 Å². The van der Waals surface area contributed by atoms with Crippen molar-refractivity contribution in [1.82, 2.24) is 14.9 Å². The van der Waals surface area contributed by atoms with Gasteiger partial charge in [-0.2, -0.15) is 0 Å². The molecule has 0 saturated heterocycles. The number of aromatic amines is 1. The maximum atomic E-state index is 12.3. The molecule has 0 aromatic carbocycles. The molecular formula is C15H21N3O5. The topological polar surface area (TPSA) is 121 Å². The molecule has 0 unspecified atom stereocenters. The first-order valence-electron chi connectivity index (χ1n) is 7.65. The number of nitrogens with one attached hydrogen (secondary N) is 2. The van der Waals surface area contributed by atoms with Crippen LogP contribution in [0.15, 0.2) is 15.8 Å². The van der Waals surface area contributed by atoms with Crippen molar-refractivity contribution in [1.29, 1.82) is 0 Å². The summed E-state index contributed by atoms with van der Waals surface area (Å²) in [4.78, 5) is 49.6. The Kier molecular flexibility index (Phi) is 4.72. The van der Waals surface area contributed by atoms with E-state index >= 15 is 0 Å². The number of rotatable bonds is 4. The Labute approximate surface area is 132 Å². The Morgan fingerprint density at radius 3 is 2.52 bits per heavy atom. The molecule has 1 aliphatic carbocycles. The van der Waals surface area contributed by atoms with Crippen LogP contribution >= 0.6 is 0 Å². The predicted octanol–water partition coefficient (Wildman–Crippen LogP) is 0.227. The van der Waals surface area contributed by atoms with Crippen LogP contribution in [0.4, 0.5) is 0 Å². The lowest BCUT2D eigenvalue weighted by Gasteiger charge is -2.37. The van der Waals surface area contributed by atoms with Crippen LogP contribution in [0, 0.1) is 5.92 Å². The third kappa shape index (κ3) is 3.20. The molecule has 23 heavy (non-hydrogen) atoms. The summed E-state index contributed by atoms with van der Waals surface area (Å²) >= 11 is 0. The lowest BCUT2D eigenvalue weighted by atomic mass is 9.75. The number of nitrogens with zero attached hydrogens (tertiary/aromatic N) is 1. The number of carbonyl (C=O) groups excluding carboxylic acids is 1. The van der Waals surface area contributed by atoms with Gasteiger partial charge in [0.1, 0.15) is 11.1 Å². The molecule has 0 radical (unpaired) electrons. The first kappa shape index (κ1) is 17.0. The van der Waals surface area contributed by atoms with Crippen LogP contribution in [0.3, 0.4) is 0 Å². The largest absolute Gasteiger partial charge is 0.480 e. The molecule has 1 fully saturated rings. The molecule has 1 amide bonds. The number of carbonyl (C=O) groups is 2. The highest BCUT2D eigenvalue weighted by Gasteiger charge is 2.43. The minimum atomic E-state index is -1.36. The van der Waals surface area contributed by atoms with Gasteiger partial charge in [0.15, 0.2) is 0 Å². The van der Waals surface area contributed by atoms with E-state index in [1.54, 1.807) is 0 Å². The van der Waals surface area contributed by atoms with E-state index in [-0.39, 0.29) is 5.56 Å². The van der Waals surface area contributed by atoms with E-state index in [2.05, 4.69) is 17.2 Å². The fraction of sp³-hybridized carbons (Fsp3) is 0.600. The van der Waals surface area contributed by atoms with Crippen LogP contribution in [0.25, 0.3) is 0 Å². The molecular weight excluding hydrogens is 302 g/mol. The molecule has 8 heteroatoms. The molecule has 8 nitrogen and oxygen atoms in total. The van der Waals surface area contributed by atoms with Gasteiger partial charge >= 0.3 is 11.7 Å². The van der Waals surface area contributed by atoms with Crippen LogP contribution in [0.1, 0.15) is 49.4 Å². The Morgan fingerprint density at radius 1 is 1.39 bits per heavy atom. The number of carboxylic acids is 1. The maximum Gasteiger partial charge on any atom is 0.329 e. The van der Waals surface area contributed by atoms with Crippen molar-refractivity contribution in [3.8, 4) is 0 Å². The average Bonchev–Trinajstić information content (AvgIpc) is 2.53.